The minimum Gasteiger partial charge on any atom is -0.378 e. The molecule has 1 saturated heterocycles. The molecule has 0 amide bonds. The number of methoxy groups -OCH3 is 1. The van der Waals surface area contributed by atoms with Crippen LogP contribution < -0.4 is 10.6 Å². The van der Waals surface area contributed by atoms with Gasteiger partial charge >= 0.3 is 0 Å². The zero-order valence-electron chi connectivity index (χ0n) is 17.5. The molecule has 0 aromatic heterocycles. The highest BCUT2D eigenvalue weighted by molar-refractivity contribution is 14.0. The lowest BCUT2D eigenvalue weighted by atomic mass is 9.56. The van der Waals surface area contributed by atoms with Gasteiger partial charge in [-0.2, -0.15) is 0 Å². The lowest BCUT2D eigenvalue weighted by Gasteiger charge is -2.59. The second kappa shape index (κ2) is 9.58. The molecule has 2 aliphatic rings. The smallest absolute Gasteiger partial charge is 0.211 e. The van der Waals surface area contributed by atoms with E-state index in [-0.39, 0.29) is 35.0 Å². The number of nitrogens with one attached hydrogen (secondary N) is 2. The fourth-order valence-corrected chi connectivity index (χ4v) is 4.73. The molecule has 1 heterocycles. The summed E-state index contributed by atoms with van der Waals surface area (Å²) in [5.41, 5.74) is -0.0841. The third kappa shape index (κ3) is 5.70. The summed E-state index contributed by atoms with van der Waals surface area (Å²) in [6, 6.07) is 0.317. The van der Waals surface area contributed by atoms with Crippen LogP contribution in [0.3, 0.4) is 0 Å². The third-order valence-corrected chi connectivity index (χ3v) is 7.79. The maximum Gasteiger partial charge on any atom is 0.211 e. The van der Waals surface area contributed by atoms with E-state index < -0.39 is 10.0 Å². The summed E-state index contributed by atoms with van der Waals surface area (Å²) >= 11 is 0. The molecule has 0 radical (unpaired) electrons. The van der Waals surface area contributed by atoms with Crippen LogP contribution in [0, 0.1) is 11.3 Å². The van der Waals surface area contributed by atoms with Gasteiger partial charge in [-0.25, -0.2) is 12.7 Å². The van der Waals surface area contributed by atoms with Crippen LogP contribution in [-0.2, 0) is 14.8 Å². The minimum absolute atomic E-state index is 0. The number of hydrogen-bond acceptors (Lipinski definition) is 4. The lowest BCUT2D eigenvalue weighted by Crippen LogP contribution is -2.69. The molecule has 2 unspecified atom stereocenters. The molecule has 0 spiro atoms. The van der Waals surface area contributed by atoms with E-state index in [1.54, 1.807) is 11.4 Å². The van der Waals surface area contributed by atoms with Crippen LogP contribution in [0.2, 0.25) is 0 Å². The molecule has 27 heavy (non-hydrogen) atoms. The molecule has 2 rings (SSSR count). The molecule has 1 aliphatic heterocycles. The van der Waals surface area contributed by atoms with Gasteiger partial charge in [-0.15, -0.1) is 24.0 Å². The van der Waals surface area contributed by atoms with Crippen molar-refractivity contribution in [3.63, 3.8) is 0 Å². The van der Waals surface area contributed by atoms with Crippen molar-refractivity contribution in [1.82, 2.24) is 14.9 Å². The lowest BCUT2D eigenvalue weighted by molar-refractivity contribution is -0.176. The second-order valence-corrected chi connectivity index (χ2v) is 10.4. The van der Waals surface area contributed by atoms with Crippen molar-refractivity contribution in [3.05, 3.63) is 0 Å². The van der Waals surface area contributed by atoms with E-state index in [2.05, 4.69) is 38.3 Å². The number of aliphatic imine (C=N–C) groups is 1. The van der Waals surface area contributed by atoms with Crippen LogP contribution in [0.4, 0.5) is 0 Å². The highest BCUT2D eigenvalue weighted by atomic mass is 127. The summed E-state index contributed by atoms with van der Waals surface area (Å²) in [6.07, 6.45) is 3.97. The number of ether oxygens (including phenoxy) is 1. The summed E-state index contributed by atoms with van der Waals surface area (Å²) in [5, 5.41) is 6.89. The maximum atomic E-state index is 11.6. The summed E-state index contributed by atoms with van der Waals surface area (Å²) in [6.45, 7) is 11.4. The first-order valence-electron chi connectivity index (χ1n) is 9.58. The molecule has 2 atom stereocenters. The molecule has 0 bridgehead atoms. The van der Waals surface area contributed by atoms with Gasteiger partial charge in [0.05, 0.1) is 11.9 Å². The van der Waals surface area contributed by atoms with Gasteiger partial charge in [-0.3, -0.25) is 4.99 Å². The predicted octanol–water partition coefficient (Wildman–Crippen LogP) is 2.03. The summed E-state index contributed by atoms with van der Waals surface area (Å²) in [7, 11) is -1.29. The molecule has 1 saturated carbocycles. The number of nitrogens with zero attached hydrogens (tertiary/aromatic N) is 2. The van der Waals surface area contributed by atoms with E-state index in [0.29, 0.717) is 25.0 Å². The molecule has 0 aromatic carbocycles. The average molecular weight is 516 g/mol. The fraction of sp³-hybridized carbons (Fsp3) is 0.944. The van der Waals surface area contributed by atoms with Crippen LogP contribution in [0.25, 0.3) is 0 Å². The van der Waals surface area contributed by atoms with Gasteiger partial charge in [0, 0.05) is 44.7 Å². The standard InChI is InChI=1S/C18H36N4O3S.HI/c1-7-19-16(21-15-12-18(4,25-5)17(15,2)3)20-13-14-8-10-22(11-9-14)26(6,23)24;/h14-15H,7-13H2,1-6H3,(H2,19,20,21);1H. The van der Waals surface area contributed by atoms with Crippen molar-refractivity contribution < 1.29 is 13.2 Å². The van der Waals surface area contributed by atoms with E-state index >= 15 is 0 Å². The number of guanidine groups is 1. The zero-order valence-corrected chi connectivity index (χ0v) is 20.7. The fourth-order valence-electron chi connectivity index (χ4n) is 3.85. The van der Waals surface area contributed by atoms with E-state index in [4.69, 9.17) is 9.73 Å². The van der Waals surface area contributed by atoms with E-state index in [1.165, 1.54) is 6.26 Å². The summed E-state index contributed by atoms with van der Waals surface area (Å²) in [4.78, 5) is 4.77. The quantitative estimate of drug-likeness (QED) is 0.321. The molecule has 7 nitrogen and oxygen atoms in total. The Hall–Kier alpha value is -0.130. The third-order valence-electron chi connectivity index (χ3n) is 6.48. The Morgan fingerprint density at radius 1 is 1.26 bits per heavy atom. The molecular weight excluding hydrogens is 479 g/mol. The Morgan fingerprint density at radius 3 is 2.30 bits per heavy atom. The van der Waals surface area contributed by atoms with Crippen molar-refractivity contribution >= 4 is 40.0 Å². The normalized spacial score (nSPS) is 29.6. The Labute approximate surface area is 182 Å². The maximum absolute atomic E-state index is 11.6. The van der Waals surface area contributed by atoms with Crippen molar-refractivity contribution in [3.8, 4) is 0 Å². The largest absolute Gasteiger partial charge is 0.378 e. The van der Waals surface area contributed by atoms with Gasteiger partial charge in [0.15, 0.2) is 5.96 Å². The van der Waals surface area contributed by atoms with Crippen molar-refractivity contribution in [2.75, 3.05) is 39.5 Å². The molecule has 9 heteroatoms. The topological polar surface area (TPSA) is 83.0 Å². The molecule has 2 fully saturated rings. The summed E-state index contributed by atoms with van der Waals surface area (Å²) in [5.74, 6) is 1.27. The number of rotatable bonds is 6. The number of halogens is 1. The predicted molar refractivity (Wildman–Crippen MR) is 121 cm³/mol. The SMILES string of the molecule is CCNC(=NCC1CCN(S(C)(=O)=O)CC1)NC1CC(C)(OC)C1(C)C.I. The van der Waals surface area contributed by atoms with Gasteiger partial charge in [-0.05, 0) is 39.0 Å². The van der Waals surface area contributed by atoms with Crippen LogP contribution in [0.1, 0.15) is 47.0 Å². The molecular formula is C18H37IN4O3S. The first-order chi connectivity index (χ1) is 12.0. The van der Waals surface area contributed by atoms with E-state index in [1.807, 2.05) is 0 Å². The van der Waals surface area contributed by atoms with Crippen molar-refractivity contribution in [2.24, 2.45) is 16.3 Å². The Bertz CT molecular complexity index is 618. The van der Waals surface area contributed by atoms with Gasteiger partial charge in [0.25, 0.3) is 0 Å². The Morgan fingerprint density at radius 2 is 1.85 bits per heavy atom. The molecule has 1 aliphatic carbocycles. The Balaban J connectivity index is 0.00000364. The highest BCUT2D eigenvalue weighted by Crippen LogP contribution is 2.51. The highest BCUT2D eigenvalue weighted by Gasteiger charge is 2.58. The minimum atomic E-state index is -3.07. The van der Waals surface area contributed by atoms with Crippen molar-refractivity contribution in [1.29, 1.82) is 0 Å². The van der Waals surface area contributed by atoms with Gasteiger partial charge in [0.2, 0.25) is 10.0 Å². The first kappa shape index (κ1) is 24.9. The van der Waals surface area contributed by atoms with Crippen molar-refractivity contribution in [2.45, 2.75) is 58.6 Å². The zero-order chi connectivity index (χ0) is 19.6. The monoisotopic (exact) mass is 516 g/mol. The van der Waals surface area contributed by atoms with Gasteiger partial charge in [0.1, 0.15) is 0 Å². The average Bonchev–Trinajstić information content (AvgIpc) is 2.58. The number of sulfonamides is 1. The molecule has 0 aromatic rings. The van der Waals surface area contributed by atoms with Crippen LogP contribution in [-0.4, -0.2) is 69.9 Å². The van der Waals surface area contributed by atoms with Gasteiger partial charge < -0.3 is 15.4 Å². The van der Waals surface area contributed by atoms with Gasteiger partial charge in [-0.1, -0.05) is 13.8 Å². The Kier molecular flexibility index (Phi) is 8.84. The second-order valence-electron chi connectivity index (χ2n) is 8.38. The van der Waals surface area contributed by atoms with E-state index in [0.717, 1.165) is 38.3 Å². The van der Waals surface area contributed by atoms with E-state index in [9.17, 15) is 8.42 Å². The first-order valence-corrected chi connectivity index (χ1v) is 11.4. The summed E-state index contributed by atoms with van der Waals surface area (Å²) < 4.78 is 30.5. The number of hydrogen-bond donors (Lipinski definition) is 2. The van der Waals surface area contributed by atoms with Crippen LogP contribution in [0.15, 0.2) is 4.99 Å². The molecule has 160 valence electrons. The molecule has 2 N–H and O–H groups in total. The number of piperidine rings is 1. The van der Waals surface area contributed by atoms with Crippen LogP contribution in [0.5, 0.6) is 0 Å². The van der Waals surface area contributed by atoms with Crippen LogP contribution >= 0.6 is 24.0 Å².